The first-order chi connectivity index (χ1) is 12.4. The molecular weight excluding hydrogens is 478 g/mol. The van der Waals surface area contributed by atoms with E-state index in [2.05, 4.69) is 5.32 Å². The molecule has 7 heteroatoms. The number of nitrogens with one attached hydrogen (secondary N) is 1. The second-order valence-corrected chi connectivity index (χ2v) is 6.92. The maximum atomic E-state index is 14.1. The van der Waals surface area contributed by atoms with Gasteiger partial charge in [-0.15, -0.1) is 0 Å². The number of carbonyl (C=O) groups excluding carboxylic acids is 1. The zero-order valence-electron chi connectivity index (χ0n) is 13.0. The minimum Gasteiger partial charge on any atom is -0.318 e. The summed E-state index contributed by atoms with van der Waals surface area (Å²) in [7, 11) is 0. The van der Waals surface area contributed by atoms with Crippen LogP contribution in [0, 0.1) is 21.0 Å². The van der Waals surface area contributed by atoms with Crippen LogP contribution in [0.25, 0.3) is 11.1 Å². The van der Waals surface area contributed by atoms with E-state index in [-0.39, 0.29) is 16.3 Å². The third-order valence-corrected chi connectivity index (χ3v) is 5.26. The summed E-state index contributed by atoms with van der Waals surface area (Å²) in [5.74, 6) is -2.83. The van der Waals surface area contributed by atoms with Crippen molar-refractivity contribution in [2.24, 2.45) is 0 Å². The van der Waals surface area contributed by atoms with E-state index < -0.39 is 23.4 Å². The van der Waals surface area contributed by atoms with Gasteiger partial charge in [-0.25, -0.2) is 13.2 Å². The van der Waals surface area contributed by atoms with Crippen LogP contribution in [-0.4, -0.2) is 5.91 Å². The van der Waals surface area contributed by atoms with Crippen LogP contribution in [0.3, 0.4) is 0 Å². The Hall–Kier alpha value is -2.06. The molecule has 132 valence electrons. The number of benzene rings is 3. The average Bonchev–Trinajstić information content (AvgIpc) is 2.62. The lowest BCUT2D eigenvalue weighted by Crippen LogP contribution is -2.15. The van der Waals surface area contributed by atoms with Crippen LogP contribution in [0.4, 0.5) is 18.9 Å². The summed E-state index contributed by atoms with van der Waals surface area (Å²) in [6.45, 7) is 0. The van der Waals surface area contributed by atoms with E-state index >= 15 is 0 Å². The van der Waals surface area contributed by atoms with Crippen molar-refractivity contribution in [1.82, 2.24) is 0 Å². The van der Waals surface area contributed by atoms with E-state index in [1.165, 1.54) is 36.4 Å². The van der Waals surface area contributed by atoms with Crippen LogP contribution in [0.1, 0.15) is 10.4 Å². The first kappa shape index (κ1) is 18.7. The third kappa shape index (κ3) is 3.86. The molecule has 0 aliphatic carbocycles. The van der Waals surface area contributed by atoms with Crippen molar-refractivity contribution in [3.63, 3.8) is 0 Å². The zero-order valence-corrected chi connectivity index (χ0v) is 15.9. The van der Waals surface area contributed by atoms with Gasteiger partial charge in [-0.05, 0) is 70.1 Å². The van der Waals surface area contributed by atoms with Gasteiger partial charge in [0.2, 0.25) is 0 Å². The highest BCUT2D eigenvalue weighted by Crippen LogP contribution is 2.31. The summed E-state index contributed by atoms with van der Waals surface area (Å²) in [4.78, 5) is 12.4. The number of rotatable bonds is 3. The van der Waals surface area contributed by atoms with E-state index in [1.54, 1.807) is 6.07 Å². The molecule has 0 aliphatic rings. The molecular formula is C19H10ClF3INO. The van der Waals surface area contributed by atoms with Gasteiger partial charge in [0.1, 0.15) is 17.5 Å². The van der Waals surface area contributed by atoms with Gasteiger partial charge in [-0.2, -0.15) is 0 Å². The van der Waals surface area contributed by atoms with Gasteiger partial charge in [0.05, 0.1) is 16.3 Å². The molecule has 3 aromatic rings. The van der Waals surface area contributed by atoms with Gasteiger partial charge in [0, 0.05) is 3.57 Å². The molecule has 0 aliphatic heterocycles. The molecule has 0 bridgehead atoms. The highest BCUT2D eigenvalue weighted by molar-refractivity contribution is 14.1. The molecule has 3 rings (SSSR count). The van der Waals surface area contributed by atoms with Crippen molar-refractivity contribution in [3.05, 3.63) is 86.2 Å². The molecule has 0 saturated heterocycles. The molecule has 1 amide bonds. The second kappa shape index (κ2) is 7.67. The molecule has 26 heavy (non-hydrogen) atoms. The first-order valence-electron chi connectivity index (χ1n) is 7.37. The highest BCUT2D eigenvalue weighted by atomic mass is 127. The van der Waals surface area contributed by atoms with E-state index in [4.69, 9.17) is 11.6 Å². The largest absolute Gasteiger partial charge is 0.318 e. The van der Waals surface area contributed by atoms with Crippen molar-refractivity contribution in [2.45, 2.75) is 0 Å². The second-order valence-electron chi connectivity index (χ2n) is 5.38. The fourth-order valence-corrected chi connectivity index (χ4v) is 3.02. The summed E-state index contributed by atoms with van der Waals surface area (Å²) < 4.78 is 42.0. The third-order valence-electron chi connectivity index (χ3n) is 3.65. The maximum absolute atomic E-state index is 14.1. The van der Waals surface area contributed by atoms with Gasteiger partial charge in [-0.3, -0.25) is 4.79 Å². The van der Waals surface area contributed by atoms with Crippen molar-refractivity contribution in [2.75, 3.05) is 5.32 Å². The van der Waals surface area contributed by atoms with Crippen LogP contribution in [0.15, 0.2) is 54.6 Å². The molecule has 0 radical (unpaired) electrons. The summed E-state index contributed by atoms with van der Waals surface area (Å²) in [5.41, 5.74) is 0.406. The van der Waals surface area contributed by atoms with Crippen molar-refractivity contribution >= 4 is 45.8 Å². The number of carbonyl (C=O) groups is 1. The molecule has 0 unspecified atom stereocenters. The Morgan fingerprint density at radius 3 is 2.35 bits per heavy atom. The minimum atomic E-state index is -0.858. The van der Waals surface area contributed by atoms with Crippen molar-refractivity contribution < 1.29 is 18.0 Å². The molecule has 2 nitrogen and oxygen atoms in total. The molecule has 3 aromatic carbocycles. The van der Waals surface area contributed by atoms with Gasteiger partial charge in [0.25, 0.3) is 5.91 Å². The quantitative estimate of drug-likeness (QED) is 0.342. The molecule has 1 N–H and O–H groups in total. The predicted molar refractivity (Wildman–Crippen MR) is 104 cm³/mol. The number of hydrogen-bond acceptors (Lipinski definition) is 1. The van der Waals surface area contributed by atoms with Crippen LogP contribution >= 0.6 is 34.2 Å². The van der Waals surface area contributed by atoms with E-state index in [1.807, 2.05) is 22.6 Å². The Labute approximate surface area is 166 Å². The van der Waals surface area contributed by atoms with E-state index in [9.17, 15) is 18.0 Å². The first-order valence-corrected chi connectivity index (χ1v) is 8.83. The number of anilines is 1. The molecule has 0 atom stereocenters. The summed E-state index contributed by atoms with van der Waals surface area (Å²) in [6, 6.07) is 12.1. The van der Waals surface area contributed by atoms with Crippen LogP contribution < -0.4 is 5.32 Å². The smallest absolute Gasteiger partial charge is 0.258 e. The molecule has 0 aromatic heterocycles. The van der Waals surface area contributed by atoms with Gasteiger partial charge >= 0.3 is 0 Å². The summed E-state index contributed by atoms with van der Waals surface area (Å²) >= 11 is 7.91. The molecule has 0 heterocycles. The average molecular weight is 488 g/mol. The van der Waals surface area contributed by atoms with Crippen molar-refractivity contribution in [1.29, 1.82) is 0 Å². The van der Waals surface area contributed by atoms with E-state index in [0.717, 1.165) is 12.1 Å². The molecule has 0 saturated carbocycles. The molecule has 0 spiro atoms. The number of hydrogen-bond donors (Lipinski definition) is 1. The maximum Gasteiger partial charge on any atom is 0.258 e. The monoisotopic (exact) mass is 487 g/mol. The van der Waals surface area contributed by atoms with Gasteiger partial charge < -0.3 is 5.32 Å². The normalized spacial score (nSPS) is 10.7. The lowest BCUT2D eigenvalue weighted by Gasteiger charge is -2.11. The Kier molecular flexibility index (Phi) is 5.52. The highest BCUT2D eigenvalue weighted by Gasteiger charge is 2.18. The van der Waals surface area contributed by atoms with Crippen LogP contribution in [-0.2, 0) is 0 Å². The SMILES string of the molecule is O=C(Nc1c(F)ccc(I)c1Cl)c1cc(-c2cccc(F)c2)ccc1F. The summed E-state index contributed by atoms with van der Waals surface area (Å²) in [6.07, 6.45) is 0. The lowest BCUT2D eigenvalue weighted by molar-refractivity contribution is 0.102. The Bertz CT molecular complexity index is 1010. The Balaban J connectivity index is 1.98. The van der Waals surface area contributed by atoms with Crippen LogP contribution in [0.2, 0.25) is 5.02 Å². The van der Waals surface area contributed by atoms with Crippen molar-refractivity contribution in [3.8, 4) is 11.1 Å². The standard InChI is InChI=1S/C19H10ClF3INO/c20-17-16(24)7-6-15(23)18(17)25-19(26)13-9-11(4-5-14(13)22)10-2-1-3-12(21)8-10/h1-9H,(H,25,26). The molecule has 0 fully saturated rings. The van der Waals surface area contributed by atoms with Gasteiger partial charge in [0.15, 0.2) is 0 Å². The van der Waals surface area contributed by atoms with Crippen LogP contribution in [0.5, 0.6) is 0 Å². The fourth-order valence-electron chi connectivity index (χ4n) is 2.37. The summed E-state index contributed by atoms with van der Waals surface area (Å²) in [5, 5.41) is 2.33. The number of amides is 1. The Morgan fingerprint density at radius 1 is 0.923 bits per heavy atom. The minimum absolute atomic E-state index is 0.0284. The predicted octanol–water partition coefficient (Wildman–Crippen LogP) is 6.28. The zero-order chi connectivity index (χ0) is 18.8. The Morgan fingerprint density at radius 2 is 1.62 bits per heavy atom. The van der Waals surface area contributed by atoms with E-state index in [0.29, 0.717) is 14.7 Å². The topological polar surface area (TPSA) is 29.1 Å². The van der Waals surface area contributed by atoms with Gasteiger partial charge in [-0.1, -0.05) is 29.8 Å². The lowest BCUT2D eigenvalue weighted by atomic mass is 10.0. The fraction of sp³-hybridized carbons (Fsp3) is 0. The number of halogens is 5.